The summed E-state index contributed by atoms with van der Waals surface area (Å²) in [5.41, 5.74) is 1.36. The van der Waals surface area contributed by atoms with E-state index in [1.165, 1.54) is 4.31 Å². The normalized spacial score (nSPS) is 15.9. The molecule has 1 fully saturated rings. The van der Waals surface area contributed by atoms with Crippen LogP contribution in [0.3, 0.4) is 0 Å². The van der Waals surface area contributed by atoms with Gasteiger partial charge in [0.2, 0.25) is 15.9 Å². The Hall–Kier alpha value is -2.90. The van der Waals surface area contributed by atoms with E-state index in [0.29, 0.717) is 18.8 Å². The number of nitrogens with zero attached hydrogens (tertiary/aromatic N) is 1. The molecule has 1 aliphatic rings. The Morgan fingerprint density at radius 2 is 1.69 bits per heavy atom. The molecule has 3 aromatic carbocycles. The van der Waals surface area contributed by atoms with Crippen LogP contribution in [0.2, 0.25) is 0 Å². The number of hydrogen-bond acceptors (Lipinski definition) is 4. The van der Waals surface area contributed by atoms with Gasteiger partial charge in [-0.15, -0.1) is 0 Å². The highest BCUT2D eigenvalue weighted by molar-refractivity contribution is 7.89. The summed E-state index contributed by atoms with van der Waals surface area (Å²) in [4.78, 5) is 13.1. The zero-order valence-corrected chi connectivity index (χ0v) is 19.2. The number of sulfonamides is 1. The molecule has 0 saturated carbocycles. The number of carbonyl (C=O) groups is 1. The highest BCUT2D eigenvalue weighted by Gasteiger charge is 2.26. The van der Waals surface area contributed by atoms with E-state index in [9.17, 15) is 13.2 Å². The number of piperidine rings is 1. The number of methoxy groups -OCH3 is 1. The number of nitrogens with one attached hydrogen (secondary N) is 1. The highest BCUT2D eigenvalue weighted by atomic mass is 32.2. The molecule has 6 nitrogen and oxygen atoms in total. The summed E-state index contributed by atoms with van der Waals surface area (Å²) in [6, 6.07) is 18.2. The van der Waals surface area contributed by atoms with Gasteiger partial charge in [0, 0.05) is 18.8 Å². The highest BCUT2D eigenvalue weighted by Crippen LogP contribution is 2.27. The average molecular weight is 453 g/mol. The first kappa shape index (κ1) is 22.3. The molecule has 7 heteroatoms. The third-order valence-electron chi connectivity index (χ3n) is 6.02. The molecule has 0 bridgehead atoms. The fourth-order valence-corrected chi connectivity index (χ4v) is 5.59. The average Bonchev–Trinajstić information content (AvgIpc) is 2.83. The lowest BCUT2D eigenvalue weighted by Crippen LogP contribution is -2.35. The molecule has 1 aliphatic heterocycles. The minimum atomic E-state index is -3.55. The van der Waals surface area contributed by atoms with Crippen LogP contribution in [-0.4, -0.2) is 38.8 Å². The van der Waals surface area contributed by atoms with Crippen molar-refractivity contribution in [2.75, 3.05) is 25.5 Å². The molecule has 3 aromatic rings. The topological polar surface area (TPSA) is 75.7 Å². The first-order valence-electron chi connectivity index (χ1n) is 10.9. The Morgan fingerprint density at radius 1 is 0.969 bits per heavy atom. The number of ether oxygens (including phenoxy) is 1. The van der Waals surface area contributed by atoms with Crippen molar-refractivity contribution in [3.05, 3.63) is 66.2 Å². The van der Waals surface area contributed by atoms with Crippen LogP contribution < -0.4 is 10.1 Å². The van der Waals surface area contributed by atoms with Gasteiger partial charge >= 0.3 is 0 Å². The van der Waals surface area contributed by atoms with Crippen molar-refractivity contribution in [2.45, 2.75) is 37.0 Å². The van der Waals surface area contributed by atoms with Crippen LogP contribution in [0, 0.1) is 0 Å². The molecule has 1 heterocycles. The van der Waals surface area contributed by atoms with Crippen molar-refractivity contribution < 1.29 is 17.9 Å². The van der Waals surface area contributed by atoms with E-state index in [1.54, 1.807) is 31.4 Å². The maximum absolute atomic E-state index is 13.0. The van der Waals surface area contributed by atoms with E-state index in [1.807, 2.05) is 43.3 Å². The van der Waals surface area contributed by atoms with E-state index >= 15 is 0 Å². The first-order valence-corrected chi connectivity index (χ1v) is 12.3. The lowest BCUT2D eigenvalue weighted by atomic mass is 9.97. The Labute approximate surface area is 189 Å². The molecule has 1 N–H and O–H groups in total. The molecule has 4 rings (SSSR count). The zero-order valence-electron chi connectivity index (χ0n) is 18.4. The van der Waals surface area contributed by atoms with Crippen LogP contribution in [0.5, 0.6) is 5.75 Å². The fourth-order valence-electron chi connectivity index (χ4n) is 4.03. The van der Waals surface area contributed by atoms with Gasteiger partial charge in [-0.1, -0.05) is 36.8 Å². The molecule has 1 atom stereocenters. The smallest absolute Gasteiger partial charge is 0.243 e. The van der Waals surface area contributed by atoms with Crippen molar-refractivity contribution in [1.82, 2.24) is 4.31 Å². The van der Waals surface area contributed by atoms with Gasteiger partial charge in [-0.25, -0.2) is 8.42 Å². The summed E-state index contributed by atoms with van der Waals surface area (Å²) in [5.74, 6) is 0.199. The molecule has 1 unspecified atom stereocenters. The minimum Gasteiger partial charge on any atom is -0.497 e. The van der Waals surface area contributed by atoms with Gasteiger partial charge in [0.15, 0.2) is 0 Å². The SMILES string of the molecule is COc1ccc2cc(C(C)C(=O)Nc3cccc(S(=O)(=O)N4CCCCC4)c3)ccc2c1. The van der Waals surface area contributed by atoms with E-state index in [-0.39, 0.29) is 10.8 Å². The zero-order chi connectivity index (χ0) is 22.7. The third-order valence-corrected chi connectivity index (χ3v) is 7.91. The van der Waals surface area contributed by atoms with Crippen molar-refractivity contribution >= 4 is 32.4 Å². The molecule has 1 amide bonds. The summed E-state index contributed by atoms with van der Waals surface area (Å²) >= 11 is 0. The van der Waals surface area contributed by atoms with Crippen LogP contribution in [0.15, 0.2) is 65.6 Å². The van der Waals surface area contributed by atoms with Crippen molar-refractivity contribution in [1.29, 1.82) is 0 Å². The summed E-state index contributed by atoms with van der Waals surface area (Å²) in [7, 11) is -1.92. The summed E-state index contributed by atoms with van der Waals surface area (Å²) in [6.07, 6.45) is 2.82. The molecule has 0 aliphatic carbocycles. The molecular formula is C25H28N2O4S. The maximum atomic E-state index is 13.0. The molecule has 32 heavy (non-hydrogen) atoms. The Kier molecular flexibility index (Phi) is 6.48. The van der Waals surface area contributed by atoms with Gasteiger partial charge in [0.1, 0.15) is 5.75 Å². The quantitative estimate of drug-likeness (QED) is 0.585. The van der Waals surface area contributed by atoms with Crippen molar-refractivity contribution in [3.8, 4) is 5.75 Å². The molecule has 0 radical (unpaired) electrons. The summed E-state index contributed by atoms with van der Waals surface area (Å²) < 4.78 is 32.7. The summed E-state index contributed by atoms with van der Waals surface area (Å²) in [6.45, 7) is 2.93. The molecule has 1 saturated heterocycles. The second-order valence-electron chi connectivity index (χ2n) is 8.18. The van der Waals surface area contributed by atoms with Crippen molar-refractivity contribution in [3.63, 3.8) is 0 Å². The van der Waals surface area contributed by atoms with Crippen LogP contribution in [0.1, 0.15) is 37.7 Å². The Morgan fingerprint density at radius 3 is 2.44 bits per heavy atom. The number of amides is 1. The number of fused-ring (bicyclic) bond motifs is 1. The van der Waals surface area contributed by atoms with E-state index in [4.69, 9.17) is 4.74 Å². The second kappa shape index (κ2) is 9.30. The number of anilines is 1. The van der Waals surface area contributed by atoms with Crippen LogP contribution in [0.4, 0.5) is 5.69 Å². The van der Waals surface area contributed by atoms with Crippen LogP contribution in [-0.2, 0) is 14.8 Å². The largest absolute Gasteiger partial charge is 0.497 e. The molecule has 0 spiro atoms. The molecule has 0 aromatic heterocycles. The third kappa shape index (κ3) is 4.64. The minimum absolute atomic E-state index is 0.189. The lowest BCUT2D eigenvalue weighted by Gasteiger charge is -2.26. The van der Waals surface area contributed by atoms with E-state index < -0.39 is 15.9 Å². The number of hydrogen-bond donors (Lipinski definition) is 1. The Bertz CT molecular complexity index is 1230. The number of benzene rings is 3. The predicted octanol–water partition coefficient (Wildman–Crippen LogP) is 4.77. The van der Waals surface area contributed by atoms with Gasteiger partial charge in [-0.05, 0) is 66.4 Å². The predicted molar refractivity (Wildman–Crippen MR) is 127 cm³/mol. The van der Waals surface area contributed by atoms with Gasteiger partial charge in [-0.2, -0.15) is 4.31 Å². The second-order valence-corrected chi connectivity index (χ2v) is 10.1. The fraction of sp³-hybridized carbons (Fsp3) is 0.320. The van der Waals surface area contributed by atoms with E-state index in [2.05, 4.69) is 5.32 Å². The Balaban J connectivity index is 1.51. The van der Waals surface area contributed by atoms with Gasteiger partial charge in [-0.3, -0.25) is 4.79 Å². The van der Waals surface area contributed by atoms with Gasteiger partial charge in [0.05, 0.1) is 17.9 Å². The molecular weight excluding hydrogens is 424 g/mol. The van der Waals surface area contributed by atoms with Gasteiger partial charge < -0.3 is 10.1 Å². The van der Waals surface area contributed by atoms with E-state index in [0.717, 1.165) is 41.3 Å². The number of carbonyl (C=O) groups excluding carboxylic acids is 1. The maximum Gasteiger partial charge on any atom is 0.243 e. The standard InChI is InChI=1S/C25H28N2O4S/c1-18(19-9-10-21-16-23(31-2)12-11-20(21)15-19)25(28)26-22-7-6-8-24(17-22)32(29,30)27-13-4-3-5-14-27/h6-12,15-18H,3-5,13-14H2,1-2H3,(H,26,28). The van der Waals surface area contributed by atoms with Crippen molar-refractivity contribution in [2.24, 2.45) is 0 Å². The van der Waals surface area contributed by atoms with Crippen LogP contribution >= 0.6 is 0 Å². The number of rotatable bonds is 6. The first-order chi connectivity index (χ1) is 15.4. The van der Waals surface area contributed by atoms with Crippen LogP contribution in [0.25, 0.3) is 10.8 Å². The lowest BCUT2D eigenvalue weighted by molar-refractivity contribution is -0.117. The molecule has 168 valence electrons. The monoisotopic (exact) mass is 452 g/mol. The van der Waals surface area contributed by atoms with Gasteiger partial charge in [0.25, 0.3) is 0 Å². The summed E-state index contributed by atoms with van der Waals surface area (Å²) in [5, 5.41) is 4.94.